The second-order valence-corrected chi connectivity index (χ2v) is 9.90. The number of nitrogens with two attached hydrogens (primary N) is 1. The van der Waals surface area contributed by atoms with Crippen molar-refractivity contribution < 1.29 is 28.1 Å². The molecule has 0 bridgehead atoms. The molecule has 0 saturated carbocycles. The Morgan fingerprint density at radius 3 is 2.26 bits per heavy atom. The number of rotatable bonds is 7. The Kier molecular flexibility index (Phi) is 8.87. The van der Waals surface area contributed by atoms with E-state index in [1.165, 1.54) is 19.2 Å². The van der Waals surface area contributed by atoms with Crippen LogP contribution in [0.2, 0.25) is 0 Å². The first kappa shape index (κ1) is 26.3. The van der Waals surface area contributed by atoms with Gasteiger partial charge in [0, 0.05) is 15.4 Å². The number of carbonyl (C=O) groups is 1. The highest BCUT2D eigenvalue weighted by Crippen LogP contribution is 2.58. The van der Waals surface area contributed by atoms with Crippen LogP contribution in [-0.2, 0) is 12.3 Å². The van der Waals surface area contributed by atoms with Crippen molar-refractivity contribution in [3.8, 4) is 16.9 Å². The van der Waals surface area contributed by atoms with E-state index in [0.29, 0.717) is 27.7 Å². The third-order valence-electron chi connectivity index (χ3n) is 4.83. The van der Waals surface area contributed by atoms with E-state index in [1.807, 2.05) is 54.6 Å². The fourth-order valence-electron chi connectivity index (χ4n) is 3.21. The van der Waals surface area contributed by atoms with Gasteiger partial charge in [-0.15, -0.1) is 11.3 Å². The van der Waals surface area contributed by atoms with E-state index in [1.54, 1.807) is 0 Å². The molecule has 3 aromatic carbocycles. The van der Waals surface area contributed by atoms with Gasteiger partial charge >= 0.3 is 5.66 Å². The highest BCUT2D eigenvalue weighted by molar-refractivity contribution is 9.10. The number of fused-ring (bicyclic) bond motifs is 1. The Bertz CT molecular complexity index is 1270. The molecular weight excluding hydrogens is 547 g/mol. The number of thiophene rings is 1. The molecule has 0 radical (unpaired) electrons. The summed E-state index contributed by atoms with van der Waals surface area (Å²) in [6.45, 7) is 0.167. The maximum absolute atomic E-state index is 14.3. The zero-order chi connectivity index (χ0) is 24.9. The van der Waals surface area contributed by atoms with Crippen LogP contribution in [0.25, 0.3) is 21.2 Å². The quantitative estimate of drug-likeness (QED) is 0.172. The predicted molar refractivity (Wildman–Crippen MR) is 136 cm³/mol. The molecule has 0 aliphatic heterocycles. The summed E-state index contributed by atoms with van der Waals surface area (Å²) in [5.74, 6) is 0.268. The van der Waals surface area contributed by atoms with Gasteiger partial charge in [-0.1, -0.05) is 54.6 Å². The number of alkyl halides is 2. The van der Waals surface area contributed by atoms with Gasteiger partial charge in [0.1, 0.15) is 18.6 Å². The van der Waals surface area contributed by atoms with E-state index in [-0.39, 0.29) is 22.4 Å². The normalized spacial score (nSPS) is 11.3. The standard InChI is InChI=1S/C23H16BrF2O4PS.CH5N/c24-20-18-10-15(12-27)11-19(21(18)32-22(20)23(25,26)31(28)29)30-13-14-6-8-17(9-7-14)16-4-2-1-3-5-16;1-2/h1-12,28-29H,13H2;2H2,1H3. The Balaban J connectivity index is 0.00000158. The number of ether oxygens (including phenoxy) is 1. The van der Waals surface area contributed by atoms with Crippen molar-refractivity contribution in [1.29, 1.82) is 0 Å². The Morgan fingerprint density at radius 2 is 1.68 bits per heavy atom. The Hall–Kier alpha value is -2.26. The SMILES string of the molecule is CN.O=Cc1cc(OCc2ccc(-c3ccccc3)cc2)c2sc(C(F)(F)P(O)O)c(Br)c2c1. The number of hydrogen-bond donors (Lipinski definition) is 3. The van der Waals surface area contributed by atoms with Crippen molar-refractivity contribution in [2.45, 2.75) is 12.3 Å². The van der Waals surface area contributed by atoms with Crippen LogP contribution in [0, 0.1) is 0 Å². The van der Waals surface area contributed by atoms with E-state index in [0.717, 1.165) is 16.7 Å². The smallest absolute Gasteiger partial charge is 0.349 e. The lowest BCUT2D eigenvalue weighted by Crippen LogP contribution is -2.08. The number of carbonyl (C=O) groups excluding carboxylic acids is 1. The maximum atomic E-state index is 14.3. The zero-order valence-corrected chi connectivity index (χ0v) is 21.2. The number of benzene rings is 3. The van der Waals surface area contributed by atoms with E-state index in [4.69, 9.17) is 4.74 Å². The summed E-state index contributed by atoms with van der Waals surface area (Å²) in [5.41, 5.74) is 3.95. The van der Waals surface area contributed by atoms with Crippen LogP contribution in [0.15, 0.2) is 71.2 Å². The van der Waals surface area contributed by atoms with Crippen LogP contribution in [0.5, 0.6) is 5.75 Å². The van der Waals surface area contributed by atoms with E-state index >= 15 is 0 Å². The zero-order valence-electron chi connectivity index (χ0n) is 17.9. The average molecular weight is 568 g/mol. The van der Waals surface area contributed by atoms with Crippen molar-refractivity contribution in [2.24, 2.45) is 5.73 Å². The third-order valence-corrected chi connectivity index (χ3v) is 8.09. The van der Waals surface area contributed by atoms with Crippen LogP contribution in [0.4, 0.5) is 8.78 Å². The minimum Gasteiger partial charge on any atom is -0.487 e. The first-order valence-corrected chi connectivity index (χ1v) is 12.8. The van der Waals surface area contributed by atoms with E-state index in [9.17, 15) is 23.4 Å². The fourth-order valence-corrected chi connectivity index (χ4v) is 5.99. The van der Waals surface area contributed by atoms with Gasteiger partial charge in [-0.25, -0.2) is 0 Å². The third kappa shape index (κ3) is 5.51. The molecule has 4 aromatic rings. The first-order valence-electron chi connectivity index (χ1n) is 9.93. The Morgan fingerprint density at radius 1 is 1.06 bits per heavy atom. The molecule has 0 fully saturated rings. The lowest BCUT2D eigenvalue weighted by molar-refractivity contribution is 0.0766. The van der Waals surface area contributed by atoms with Gasteiger partial charge in [-0.2, -0.15) is 8.78 Å². The highest BCUT2D eigenvalue weighted by atomic mass is 79.9. The summed E-state index contributed by atoms with van der Waals surface area (Å²) < 4.78 is 34.9. The highest BCUT2D eigenvalue weighted by Gasteiger charge is 2.45. The topological polar surface area (TPSA) is 92.8 Å². The van der Waals surface area contributed by atoms with Crippen LogP contribution in [-0.4, -0.2) is 23.1 Å². The first-order chi connectivity index (χ1) is 16.3. The lowest BCUT2D eigenvalue weighted by Gasteiger charge is -2.15. The van der Waals surface area contributed by atoms with Crippen molar-refractivity contribution in [1.82, 2.24) is 0 Å². The largest absolute Gasteiger partial charge is 0.487 e. The summed E-state index contributed by atoms with van der Waals surface area (Å²) in [6.07, 6.45) is 0.605. The molecule has 4 rings (SSSR count). The van der Waals surface area contributed by atoms with Crippen LogP contribution in [0.3, 0.4) is 0 Å². The molecule has 0 atom stereocenters. The van der Waals surface area contributed by atoms with Crippen LogP contribution < -0.4 is 10.5 Å². The molecular formula is C24H21BrF2NO4PS. The summed E-state index contributed by atoms with van der Waals surface area (Å²) in [4.78, 5) is 29.2. The molecule has 4 N–H and O–H groups in total. The molecule has 10 heteroatoms. The Labute approximate surface area is 208 Å². The minimum atomic E-state index is -3.82. The molecule has 34 heavy (non-hydrogen) atoms. The summed E-state index contributed by atoms with van der Waals surface area (Å²) in [6, 6.07) is 20.6. The molecule has 0 amide bonds. The minimum absolute atomic E-state index is 0.0128. The lowest BCUT2D eigenvalue weighted by atomic mass is 10.0. The van der Waals surface area contributed by atoms with Gasteiger partial charge in [0.15, 0.2) is 0 Å². The summed E-state index contributed by atoms with van der Waals surface area (Å²) in [7, 11) is -2.02. The van der Waals surface area contributed by atoms with Gasteiger partial charge in [-0.3, -0.25) is 4.79 Å². The van der Waals surface area contributed by atoms with Crippen molar-refractivity contribution in [2.75, 3.05) is 7.05 Å². The van der Waals surface area contributed by atoms with E-state index in [2.05, 4.69) is 21.7 Å². The second kappa shape index (κ2) is 11.4. The second-order valence-electron chi connectivity index (χ2n) is 6.94. The molecule has 0 unspecified atom stereocenters. The molecule has 1 aromatic heterocycles. The van der Waals surface area contributed by atoms with Crippen molar-refractivity contribution in [3.63, 3.8) is 0 Å². The van der Waals surface area contributed by atoms with Gasteiger partial charge in [-0.05, 0) is 51.8 Å². The molecule has 0 spiro atoms. The number of aldehydes is 1. The van der Waals surface area contributed by atoms with Crippen LogP contribution in [0.1, 0.15) is 20.8 Å². The summed E-state index contributed by atoms with van der Waals surface area (Å²) in [5, 5.41) is 0.348. The van der Waals surface area contributed by atoms with Crippen molar-refractivity contribution >= 4 is 52.0 Å². The number of halogens is 3. The summed E-state index contributed by atoms with van der Waals surface area (Å²) >= 11 is 3.82. The van der Waals surface area contributed by atoms with Gasteiger partial charge < -0.3 is 20.3 Å². The number of hydrogen-bond acceptors (Lipinski definition) is 6. The molecule has 1 heterocycles. The van der Waals surface area contributed by atoms with E-state index < -0.39 is 18.9 Å². The predicted octanol–water partition coefficient (Wildman–Crippen LogP) is 6.64. The van der Waals surface area contributed by atoms with Gasteiger partial charge in [0.05, 0.1) is 9.58 Å². The maximum Gasteiger partial charge on any atom is 0.349 e. The molecule has 0 aliphatic carbocycles. The molecule has 178 valence electrons. The monoisotopic (exact) mass is 567 g/mol. The fraction of sp³-hybridized carbons (Fsp3) is 0.125. The van der Waals surface area contributed by atoms with Gasteiger partial charge in [0.25, 0.3) is 0 Å². The molecule has 0 saturated heterocycles. The van der Waals surface area contributed by atoms with Gasteiger partial charge in [0.2, 0.25) is 8.38 Å². The molecule has 0 aliphatic rings. The van der Waals surface area contributed by atoms with Crippen molar-refractivity contribution in [3.05, 3.63) is 87.2 Å². The average Bonchev–Trinajstić information content (AvgIpc) is 3.21. The van der Waals surface area contributed by atoms with Crippen LogP contribution >= 0.6 is 35.6 Å². The molecule has 5 nitrogen and oxygen atoms in total.